The Balaban J connectivity index is 1.54. The van der Waals surface area contributed by atoms with E-state index in [0.29, 0.717) is 48.7 Å². The van der Waals surface area contributed by atoms with Gasteiger partial charge in [0.2, 0.25) is 0 Å². The van der Waals surface area contributed by atoms with Gasteiger partial charge in [-0.3, -0.25) is 19.6 Å². The van der Waals surface area contributed by atoms with E-state index in [-0.39, 0.29) is 19.1 Å². The monoisotopic (exact) mass is 749 g/mol. The zero-order chi connectivity index (χ0) is 38.7. The summed E-state index contributed by atoms with van der Waals surface area (Å²) in [5.41, 5.74) is 8.21. The van der Waals surface area contributed by atoms with Gasteiger partial charge in [0.15, 0.2) is 0 Å². The molecular weight excluding hydrogens is 699 g/mol. The van der Waals surface area contributed by atoms with Crippen molar-refractivity contribution in [2.45, 2.75) is 104 Å². The molecular formula is C38H51N7O7S. The van der Waals surface area contributed by atoms with E-state index < -0.39 is 41.1 Å². The van der Waals surface area contributed by atoms with Crippen LogP contribution in [0, 0.1) is 5.41 Å². The minimum absolute atomic E-state index is 0.0180. The Kier molecular flexibility index (Phi) is 12.2. The molecule has 4 aromatic heterocycles. The van der Waals surface area contributed by atoms with Gasteiger partial charge in [-0.25, -0.2) is 20.2 Å². The zero-order valence-corrected chi connectivity index (χ0v) is 32.5. The van der Waals surface area contributed by atoms with Crippen LogP contribution in [0.1, 0.15) is 83.7 Å². The van der Waals surface area contributed by atoms with Gasteiger partial charge in [0.1, 0.15) is 17.7 Å². The van der Waals surface area contributed by atoms with Gasteiger partial charge in [-0.15, -0.1) is 11.3 Å². The van der Waals surface area contributed by atoms with Crippen molar-refractivity contribution in [3.8, 4) is 22.6 Å². The zero-order valence-electron chi connectivity index (χ0n) is 31.7. The van der Waals surface area contributed by atoms with Crippen molar-refractivity contribution in [1.29, 1.82) is 0 Å². The maximum absolute atomic E-state index is 13.8. The molecule has 5 rings (SSSR count). The second-order valence-corrected chi connectivity index (χ2v) is 16.1. The lowest BCUT2D eigenvalue weighted by Gasteiger charge is -2.34. The molecule has 0 bridgehead atoms. The van der Waals surface area contributed by atoms with Crippen LogP contribution in [0.3, 0.4) is 0 Å². The van der Waals surface area contributed by atoms with Gasteiger partial charge in [-0.1, -0.05) is 13.8 Å². The highest BCUT2D eigenvalue weighted by Gasteiger charge is 2.34. The van der Waals surface area contributed by atoms with Crippen molar-refractivity contribution in [2.75, 3.05) is 20.3 Å². The number of nitrogens with one attached hydrogen (secondary N) is 2. The number of rotatable bonds is 13. The molecule has 0 saturated carbocycles. The van der Waals surface area contributed by atoms with Crippen LogP contribution >= 0.6 is 11.3 Å². The fraction of sp³-hybridized carbons (Fsp3) is 0.526. The van der Waals surface area contributed by atoms with Crippen LogP contribution in [0.5, 0.6) is 0 Å². The lowest BCUT2D eigenvalue weighted by atomic mass is 9.85. The van der Waals surface area contributed by atoms with Crippen molar-refractivity contribution in [2.24, 2.45) is 5.41 Å². The standard InChI is InChI=1S/C38H51N7O7S/c1-9-44-29-15-14-25(41-32(29)24(19-38(6,7)21-46)33(44)23-12-10-16-39-31(23)22(2)51-8)28-20-53-30(40-28)18-27(42-36(50)52-37(3,4)5)34(47)45-17-11-13-26(43-45)35(48)49/h10,12,14-16,20,22,26-27,43,46H,9,11,13,17-19,21H2,1-8H3,(H,42,50)(H,48,49)/t22-,26?,27?/m0/s1. The Labute approximate surface area is 313 Å². The van der Waals surface area contributed by atoms with E-state index in [1.165, 1.54) is 16.3 Å². The second-order valence-electron chi connectivity index (χ2n) is 15.1. The highest BCUT2D eigenvalue weighted by atomic mass is 32.1. The van der Waals surface area contributed by atoms with Crippen LogP contribution in [0.4, 0.5) is 4.79 Å². The number of aliphatic carboxylic acids is 1. The average Bonchev–Trinajstić information content (AvgIpc) is 3.71. The first-order valence-corrected chi connectivity index (χ1v) is 18.8. The molecule has 0 aromatic carbocycles. The molecule has 4 N–H and O–H groups in total. The van der Waals surface area contributed by atoms with Crippen molar-refractivity contribution in [3.05, 3.63) is 52.1 Å². The van der Waals surface area contributed by atoms with Crippen LogP contribution in [-0.2, 0) is 38.4 Å². The third-order valence-corrected chi connectivity index (χ3v) is 10.0. The largest absolute Gasteiger partial charge is 0.480 e. The Hall–Kier alpha value is -4.44. The first-order chi connectivity index (χ1) is 25.1. The Morgan fingerprint density at radius 3 is 2.55 bits per heavy atom. The highest BCUT2D eigenvalue weighted by Crippen LogP contribution is 2.40. The molecule has 2 amide bonds. The summed E-state index contributed by atoms with van der Waals surface area (Å²) >= 11 is 1.33. The number of alkyl carbamates (subject to hydrolysis) is 1. The van der Waals surface area contributed by atoms with E-state index in [4.69, 9.17) is 24.4 Å². The Bertz CT molecular complexity index is 1950. The number of carboxylic acid groups (broad SMARTS) is 1. The third-order valence-electron chi connectivity index (χ3n) is 9.17. The maximum atomic E-state index is 13.8. The fourth-order valence-corrected chi connectivity index (χ4v) is 7.31. The van der Waals surface area contributed by atoms with E-state index in [1.54, 1.807) is 34.1 Å². The first kappa shape index (κ1) is 39.8. The number of methoxy groups -OCH3 is 1. The Morgan fingerprint density at radius 2 is 1.89 bits per heavy atom. The number of aliphatic hydroxyl groups excluding tert-OH is 1. The smallest absolute Gasteiger partial charge is 0.408 e. The van der Waals surface area contributed by atoms with Gasteiger partial charge in [0.05, 0.1) is 44.9 Å². The average molecular weight is 750 g/mol. The van der Waals surface area contributed by atoms with E-state index in [2.05, 4.69) is 22.2 Å². The number of nitrogens with zero attached hydrogens (tertiary/aromatic N) is 5. The number of thiazole rings is 1. The summed E-state index contributed by atoms with van der Waals surface area (Å²) in [6.45, 7) is 14.2. The van der Waals surface area contributed by atoms with Crippen molar-refractivity contribution < 1.29 is 34.1 Å². The highest BCUT2D eigenvalue weighted by molar-refractivity contribution is 7.10. The summed E-state index contributed by atoms with van der Waals surface area (Å²) in [5.74, 6) is -1.54. The maximum Gasteiger partial charge on any atom is 0.408 e. The number of amides is 2. The number of carbonyl (C=O) groups excluding carboxylic acids is 2. The van der Waals surface area contributed by atoms with Crippen molar-refractivity contribution >= 4 is 40.3 Å². The van der Waals surface area contributed by atoms with Gasteiger partial charge in [0.25, 0.3) is 5.91 Å². The number of aliphatic hydroxyl groups is 1. The topological polar surface area (TPSA) is 181 Å². The molecule has 3 atom stereocenters. The van der Waals surface area contributed by atoms with Gasteiger partial charge in [-0.05, 0) is 83.6 Å². The van der Waals surface area contributed by atoms with E-state index in [9.17, 15) is 24.6 Å². The number of aromatic nitrogens is 4. The SMILES string of the molecule is CCn1c(-c2cccnc2[C@H](C)OC)c(CC(C)(C)CO)c2nc(-c3csc(CC(NC(=O)OC(C)(C)C)C(=O)N4CCCC(C(=O)O)N4)n3)ccc21. The third kappa shape index (κ3) is 9.21. The number of hydrogen-bond acceptors (Lipinski definition) is 11. The number of aryl methyl sites for hydroxylation is 1. The molecule has 4 aromatic rings. The molecule has 286 valence electrons. The molecule has 14 nitrogen and oxygen atoms in total. The summed E-state index contributed by atoms with van der Waals surface area (Å²) < 4.78 is 13.4. The quantitative estimate of drug-likeness (QED) is 0.135. The van der Waals surface area contributed by atoms with Crippen molar-refractivity contribution in [1.82, 2.24) is 35.3 Å². The van der Waals surface area contributed by atoms with Gasteiger partial charge in [-0.2, -0.15) is 0 Å². The number of carbonyl (C=O) groups is 3. The van der Waals surface area contributed by atoms with Gasteiger partial charge < -0.3 is 29.6 Å². The predicted molar refractivity (Wildman–Crippen MR) is 202 cm³/mol. The molecule has 1 aliphatic heterocycles. The molecule has 1 fully saturated rings. The van der Waals surface area contributed by atoms with E-state index in [1.807, 2.05) is 50.4 Å². The van der Waals surface area contributed by atoms with Crippen LogP contribution in [0.25, 0.3) is 33.7 Å². The summed E-state index contributed by atoms with van der Waals surface area (Å²) in [5, 5.41) is 26.3. The summed E-state index contributed by atoms with van der Waals surface area (Å²) in [7, 11) is 1.66. The second kappa shape index (κ2) is 16.3. The molecule has 5 heterocycles. The molecule has 15 heteroatoms. The molecule has 0 spiro atoms. The molecule has 1 aliphatic rings. The van der Waals surface area contributed by atoms with E-state index >= 15 is 0 Å². The molecule has 53 heavy (non-hydrogen) atoms. The summed E-state index contributed by atoms with van der Waals surface area (Å²) in [6, 6.07) is 5.93. The van der Waals surface area contributed by atoms with Crippen molar-refractivity contribution in [3.63, 3.8) is 0 Å². The van der Waals surface area contributed by atoms with Crippen LogP contribution in [-0.4, -0.2) is 90.7 Å². The number of pyridine rings is 2. The van der Waals surface area contributed by atoms with E-state index in [0.717, 1.165) is 33.5 Å². The van der Waals surface area contributed by atoms with Crippen LogP contribution < -0.4 is 10.7 Å². The number of fused-ring (bicyclic) bond motifs is 1. The number of carboxylic acids is 1. The predicted octanol–water partition coefficient (Wildman–Crippen LogP) is 5.53. The summed E-state index contributed by atoms with van der Waals surface area (Å²) in [6.07, 6.45) is 2.22. The number of ether oxygens (including phenoxy) is 2. The minimum atomic E-state index is -1.07. The molecule has 0 radical (unpaired) electrons. The lowest BCUT2D eigenvalue weighted by Crippen LogP contribution is -2.60. The lowest BCUT2D eigenvalue weighted by molar-refractivity contribution is -0.147. The molecule has 0 aliphatic carbocycles. The molecule has 2 unspecified atom stereocenters. The number of hydrazine groups is 1. The summed E-state index contributed by atoms with van der Waals surface area (Å²) in [4.78, 5) is 53.1. The van der Waals surface area contributed by atoms with Gasteiger partial charge in [0, 0.05) is 55.9 Å². The molecule has 1 saturated heterocycles. The Morgan fingerprint density at radius 1 is 1.13 bits per heavy atom. The van der Waals surface area contributed by atoms with Gasteiger partial charge >= 0.3 is 12.1 Å². The number of hydrogen-bond donors (Lipinski definition) is 4. The minimum Gasteiger partial charge on any atom is -0.480 e. The fourth-order valence-electron chi connectivity index (χ4n) is 6.48. The van der Waals surface area contributed by atoms with Crippen LogP contribution in [0.15, 0.2) is 35.8 Å². The van der Waals surface area contributed by atoms with Crippen LogP contribution in [0.2, 0.25) is 0 Å². The first-order valence-electron chi connectivity index (χ1n) is 17.9. The normalized spacial score (nSPS) is 16.4.